The minimum Gasteiger partial charge on any atom is -0.616 e. The Morgan fingerprint density at radius 2 is 1.55 bits per heavy atom. The molecule has 0 aromatic carbocycles. The molecule has 0 radical (unpaired) electrons. The predicted molar refractivity (Wildman–Crippen MR) is 141 cm³/mol. The van der Waals surface area contributed by atoms with Gasteiger partial charge >= 0.3 is 12.1 Å². The van der Waals surface area contributed by atoms with Crippen LogP contribution >= 0.6 is 45.2 Å². The normalized spacial score (nSPS) is 13.3. The number of carbonyl (C=O) groups excluding carboxylic acids is 1. The molecule has 0 aliphatic carbocycles. The summed E-state index contributed by atoms with van der Waals surface area (Å²) in [6.45, 7) is 2.86. The van der Waals surface area contributed by atoms with Crippen LogP contribution < -0.4 is 0 Å². The van der Waals surface area contributed by atoms with Crippen molar-refractivity contribution in [3.05, 3.63) is 0 Å². The van der Waals surface area contributed by atoms with Gasteiger partial charge in [0.25, 0.3) is 5.91 Å². The number of unbranched alkanes of at least 4 members (excludes halogenated alkanes) is 3. The van der Waals surface area contributed by atoms with Gasteiger partial charge in [0.05, 0.1) is 11.5 Å². The largest absolute Gasteiger partial charge is 0.616 e. The molecule has 0 spiro atoms. The van der Waals surface area contributed by atoms with Crippen molar-refractivity contribution < 1.29 is 39.7 Å². The number of amides is 1. The van der Waals surface area contributed by atoms with Crippen LogP contribution in [0, 0.1) is 0 Å². The van der Waals surface area contributed by atoms with Crippen LogP contribution in [0.25, 0.3) is 0 Å². The highest BCUT2D eigenvalue weighted by atomic mass is 127. The van der Waals surface area contributed by atoms with Gasteiger partial charge in [0, 0.05) is 24.4 Å². The first-order valence-corrected chi connectivity index (χ1v) is 16.9. The number of alkyl halides is 7. The van der Waals surface area contributed by atoms with Gasteiger partial charge in [-0.05, 0) is 41.3 Å². The third-order valence-corrected chi connectivity index (χ3v) is 9.40. The number of rotatable bonds is 16. The highest BCUT2D eigenvalue weighted by Gasteiger charge is 2.56. The number of nitrogens with zero attached hydrogens (tertiary/aromatic N) is 1. The Morgan fingerprint density at radius 1 is 0.970 bits per heavy atom. The second-order valence-electron chi connectivity index (χ2n) is 7.35. The quantitative estimate of drug-likeness (QED) is 0.0695. The maximum absolute atomic E-state index is 12.5. The summed E-state index contributed by atoms with van der Waals surface area (Å²) < 4.78 is 96.4. The second-order valence-corrected chi connectivity index (χ2v) is 13.4. The Hall–Kier alpha value is 0.840. The van der Waals surface area contributed by atoms with Crippen molar-refractivity contribution in [1.82, 2.24) is 4.90 Å². The maximum Gasteiger partial charge on any atom is 0.453 e. The Bertz CT molecular complexity index is 626. The first kappa shape index (κ1) is 36.0. The van der Waals surface area contributed by atoms with E-state index in [0.29, 0.717) is 18.6 Å². The molecule has 0 N–H and O–H groups in total. The van der Waals surface area contributed by atoms with Gasteiger partial charge < -0.3 is 9.45 Å². The van der Waals surface area contributed by atoms with Crippen LogP contribution in [0.2, 0.25) is 0 Å². The molecule has 0 saturated carbocycles. The van der Waals surface area contributed by atoms with Crippen molar-refractivity contribution in [3.8, 4) is 0 Å². The number of hydrogen-bond donors (Lipinski definition) is 0. The van der Waals surface area contributed by atoms with E-state index < -0.39 is 51.7 Å². The summed E-state index contributed by atoms with van der Waals surface area (Å²) in [6, 6.07) is 0. The fraction of sp³-hybridized carbons (Fsp3) is 0.947. The van der Waals surface area contributed by atoms with E-state index in [1.807, 2.05) is 0 Å². The smallest absolute Gasteiger partial charge is 0.453 e. The van der Waals surface area contributed by atoms with Gasteiger partial charge in [-0.25, -0.2) is 8.42 Å². The fourth-order valence-electron chi connectivity index (χ4n) is 2.28. The van der Waals surface area contributed by atoms with Crippen molar-refractivity contribution in [2.75, 3.05) is 45.5 Å². The van der Waals surface area contributed by atoms with E-state index in [-0.39, 0.29) is 17.4 Å². The molecule has 0 rings (SSSR count). The summed E-state index contributed by atoms with van der Waals surface area (Å²) in [7, 11) is -1.76. The summed E-state index contributed by atoms with van der Waals surface area (Å²) in [6.07, 6.45) is -3.69. The van der Waals surface area contributed by atoms with Crippen molar-refractivity contribution in [2.45, 2.75) is 64.0 Å². The van der Waals surface area contributed by atoms with Crippen LogP contribution in [-0.2, 0) is 25.8 Å². The molecule has 5 nitrogen and oxygen atoms in total. The average molecular weight is 753 g/mol. The van der Waals surface area contributed by atoms with E-state index in [1.54, 1.807) is 11.9 Å². The number of sulfone groups is 1. The molecule has 33 heavy (non-hydrogen) atoms. The lowest BCUT2D eigenvalue weighted by molar-refractivity contribution is -0.284. The maximum atomic E-state index is 12.5. The molecule has 0 aromatic heterocycles. The van der Waals surface area contributed by atoms with E-state index in [2.05, 4.69) is 52.1 Å². The average Bonchev–Trinajstić information content (AvgIpc) is 2.68. The molecule has 14 heteroatoms. The van der Waals surface area contributed by atoms with Crippen molar-refractivity contribution >= 4 is 72.1 Å². The van der Waals surface area contributed by atoms with Gasteiger partial charge in [0.15, 0.2) is 5.75 Å². The molecule has 1 atom stereocenters. The summed E-state index contributed by atoms with van der Waals surface area (Å²) in [5.41, 5.74) is 0. The first-order valence-electron chi connectivity index (χ1n) is 10.5. The van der Waals surface area contributed by atoms with Gasteiger partial charge in [-0.1, -0.05) is 64.9 Å². The molecule has 1 unspecified atom stereocenters. The summed E-state index contributed by atoms with van der Waals surface area (Å²) >= 11 is 3.34. The summed E-state index contributed by atoms with van der Waals surface area (Å²) in [5, 5.41) is 0. The van der Waals surface area contributed by atoms with Gasteiger partial charge in [-0.3, -0.25) is 4.79 Å². The highest BCUT2D eigenvalue weighted by molar-refractivity contribution is 14.1. The van der Waals surface area contributed by atoms with Crippen LogP contribution in [0.5, 0.6) is 0 Å². The van der Waals surface area contributed by atoms with Crippen LogP contribution in [0.1, 0.15) is 51.9 Å². The van der Waals surface area contributed by atoms with Gasteiger partial charge in [-0.2, -0.15) is 22.0 Å². The van der Waals surface area contributed by atoms with E-state index in [4.69, 9.17) is 0 Å². The molecule has 0 fully saturated rings. The topological polar surface area (TPSA) is 77.5 Å². The van der Waals surface area contributed by atoms with E-state index in [0.717, 1.165) is 34.7 Å². The van der Waals surface area contributed by atoms with Crippen molar-refractivity contribution in [1.29, 1.82) is 0 Å². The Kier molecular flexibility index (Phi) is 20.7. The van der Waals surface area contributed by atoms with Crippen LogP contribution in [0.4, 0.5) is 22.0 Å². The van der Waals surface area contributed by atoms with Crippen molar-refractivity contribution in [2.24, 2.45) is 0 Å². The monoisotopic (exact) mass is 753 g/mol. The standard InChI is InChI=1S/C10H16F5IO2S.C9H18INO2S/c11-9(12,10(13,14)15)5-4-8-19(17,18)7-3-1-2-6-16;1-3-4-6-11(2)9(12)8-14(13)7-5-10/h1-8H2;3-8H2,1-2H3. The zero-order valence-electron chi connectivity index (χ0n) is 18.9. The minimum atomic E-state index is -5.61. The third kappa shape index (κ3) is 19.7. The molecule has 0 saturated heterocycles. The lowest BCUT2D eigenvalue weighted by Gasteiger charge is -2.19. The van der Waals surface area contributed by atoms with Gasteiger partial charge in [0.1, 0.15) is 15.6 Å². The minimum absolute atomic E-state index is 0.00151. The van der Waals surface area contributed by atoms with Crippen LogP contribution in [0.3, 0.4) is 0 Å². The lowest BCUT2D eigenvalue weighted by Crippen LogP contribution is -2.36. The second kappa shape index (κ2) is 19.0. The molecular weight excluding hydrogens is 719 g/mol. The molecule has 0 bridgehead atoms. The zero-order valence-corrected chi connectivity index (χ0v) is 24.9. The SMILES string of the molecule is CCCCN(C)C(=O)C[S+]([O-])CCI.O=S(=O)(CCCCCI)CCCC(F)(F)C(F)(F)F. The van der Waals surface area contributed by atoms with Gasteiger partial charge in [0.2, 0.25) is 0 Å². The van der Waals surface area contributed by atoms with E-state index >= 15 is 0 Å². The fourth-order valence-corrected chi connectivity index (χ4v) is 6.53. The first-order chi connectivity index (χ1) is 15.1. The molecule has 0 heterocycles. The predicted octanol–water partition coefficient (Wildman–Crippen LogP) is 5.41. The Balaban J connectivity index is 0. The number of halogens is 7. The molecular formula is C19H34F5I2NO4S2. The number of hydrogen-bond acceptors (Lipinski definition) is 4. The Morgan fingerprint density at radius 3 is 2.03 bits per heavy atom. The molecule has 0 aromatic rings. The highest BCUT2D eigenvalue weighted by Crippen LogP contribution is 2.38. The molecule has 200 valence electrons. The summed E-state index contributed by atoms with van der Waals surface area (Å²) in [5.74, 6) is -4.79. The number of carbonyl (C=O) groups is 1. The van der Waals surface area contributed by atoms with Crippen LogP contribution in [0.15, 0.2) is 0 Å². The molecule has 0 aliphatic rings. The molecule has 1 amide bonds. The lowest BCUT2D eigenvalue weighted by atomic mass is 10.2. The third-order valence-electron chi connectivity index (χ3n) is 4.31. The van der Waals surface area contributed by atoms with E-state index in [9.17, 15) is 39.7 Å². The summed E-state index contributed by atoms with van der Waals surface area (Å²) in [4.78, 5) is 13.1. The Labute approximate surface area is 224 Å². The zero-order chi connectivity index (χ0) is 26.1. The van der Waals surface area contributed by atoms with Crippen molar-refractivity contribution in [3.63, 3.8) is 0 Å². The van der Waals surface area contributed by atoms with Gasteiger partial charge in [-0.15, -0.1) is 0 Å². The van der Waals surface area contributed by atoms with E-state index in [1.165, 1.54) is 0 Å². The molecule has 0 aliphatic heterocycles. The van der Waals surface area contributed by atoms with Crippen LogP contribution in [-0.4, -0.2) is 81.3 Å².